The minimum absolute atomic E-state index is 0.257. The van der Waals surface area contributed by atoms with Gasteiger partial charge in [0.15, 0.2) is 0 Å². The highest BCUT2D eigenvalue weighted by Crippen LogP contribution is 2.23. The van der Waals surface area contributed by atoms with Gasteiger partial charge in [-0.25, -0.2) is 0 Å². The summed E-state index contributed by atoms with van der Waals surface area (Å²) >= 11 is 16.7. The first-order valence-corrected chi connectivity index (χ1v) is 8.87. The fourth-order valence-corrected chi connectivity index (χ4v) is 1.76. The fraction of sp³-hybridized carbons (Fsp3) is 0.111. The normalized spacial score (nSPS) is 11.4. The van der Waals surface area contributed by atoms with Gasteiger partial charge in [-0.3, -0.25) is 0 Å². The van der Waals surface area contributed by atoms with Gasteiger partial charge in [-0.15, -0.1) is 0 Å². The number of hydrogen-bond donors (Lipinski definition) is 0. The van der Waals surface area contributed by atoms with Gasteiger partial charge in [0.05, 0.1) is 6.61 Å². The Balaban J connectivity index is 2.52. The van der Waals surface area contributed by atoms with Crippen LogP contribution in [-0.2, 0) is 4.43 Å². The minimum Gasteiger partial charge on any atom is -0.377 e. The number of halogens is 3. The molecule has 0 saturated carbocycles. The molecule has 0 fully saturated rings. The summed E-state index contributed by atoms with van der Waals surface area (Å²) in [5.41, 5.74) is 1.81. The zero-order valence-electron chi connectivity index (χ0n) is 7.34. The Morgan fingerprint density at radius 2 is 1.79 bits per heavy atom. The molecule has 0 aromatic heterocycles. The van der Waals surface area contributed by atoms with Crippen molar-refractivity contribution in [2.24, 2.45) is 0 Å². The molecule has 0 saturated heterocycles. The van der Waals surface area contributed by atoms with Crippen LogP contribution < -0.4 is 0 Å². The maximum atomic E-state index is 5.57. The van der Waals surface area contributed by atoms with Crippen LogP contribution in [0.15, 0.2) is 36.9 Å². The molecule has 14 heavy (non-hydrogen) atoms. The molecule has 0 N–H and O–H groups in total. The molecular weight excluding hydrogens is 259 g/mol. The molecule has 1 rings (SSSR count). The lowest BCUT2D eigenvalue weighted by Gasteiger charge is -2.11. The fourth-order valence-electron chi connectivity index (χ4n) is 0.926. The zero-order valence-corrected chi connectivity index (χ0v) is 10.6. The van der Waals surface area contributed by atoms with Crippen LogP contribution in [-0.4, -0.2) is 12.9 Å². The maximum absolute atomic E-state index is 5.57. The summed E-state index contributed by atoms with van der Waals surface area (Å²) in [6.07, 6.45) is -3.00. The van der Waals surface area contributed by atoms with E-state index >= 15 is 0 Å². The SMILES string of the molecule is C=C(CO[Si](Cl)(Cl)Cl)c1ccccc1. The van der Waals surface area contributed by atoms with Crippen LogP contribution in [0, 0.1) is 0 Å². The molecule has 0 aliphatic carbocycles. The molecule has 1 nitrogen and oxygen atoms in total. The van der Waals surface area contributed by atoms with Crippen LogP contribution in [0.5, 0.6) is 0 Å². The van der Waals surface area contributed by atoms with E-state index in [0.29, 0.717) is 0 Å². The van der Waals surface area contributed by atoms with Crippen molar-refractivity contribution in [1.82, 2.24) is 0 Å². The van der Waals surface area contributed by atoms with E-state index in [0.717, 1.165) is 11.1 Å². The van der Waals surface area contributed by atoms with Crippen LogP contribution in [0.4, 0.5) is 0 Å². The molecule has 0 unspecified atom stereocenters. The van der Waals surface area contributed by atoms with E-state index in [9.17, 15) is 0 Å². The largest absolute Gasteiger partial charge is 0.494 e. The van der Waals surface area contributed by atoms with Gasteiger partial charge >= 0.3 is 6.25 Å². The van der Waals surface area contributed by atoms with Gasteiger partial charge in [0.1, 0.15) is 0 Å². The van der Waals surface area contributed by atoms with Crippen LogP contribution in [0.2, 0.25) is 0 Å². The van der Waals surface area contributed by atoms with E-state index in [1.54, 1.807) is 0 Å². The summed E-state index contributed by atoms with van der Waals surface area (Å²) in [6, 6.07) is 9.65. The highest BCUT2D eigenvalue weighted by Gasteiger charge is 2.27. The first-order valence-electron chi connectivity index (χ1n) is 3.93. The first-order chi connectivity index (χ1) is 6.49. The van der Waals surface area contributed by atoms with Gasteiger partial charge in [-0.2, -0.15) is 0 Å². The molecule has 1 aromatic carbocycles. The van der Waals surface area contributed by atoms with E-state index in [1.165, 1.54) is 0 Å². The number of hydrogen-bond acceptors (Lipinski definition) is 1. The van der Waals surface area contributed by atoms with E-state index in [1.807, 2.05) is 30.3 Å². The van der Waals surface area contributed by atoms with Crippen molar-refractivity contribution < 1.29 is 4.43 Å². The highest BCUT2D eigenvalue weighted by molar-refractivity contribution is 7.62. The second-order valence-corrected chi connectivity index (χ2v) is 10.4. The van der Waals surface area contributed by atoms with Crippen LogP contribution in [0.3, 0.4) is 0 Å². The molecule has 0 atom stereocenters. The predicted molar refractivity (Wildman–Crippen MR) is 64.7 cm³/mol. The minimum atomic E-state index is -3.00. The molecule has 5 heteroatoms. The van der Waals surface area contributed by atoms with Gasteiger partial charge in [0.2, 0.25) is 0 Å². The highest BCUT2D eigenvalue weighted by atomic mass is 35.8. The lowest BCUT2D eigenvalue weighted by molar-refractivity contribution is 0.393. The van der Waals surface area contributed by atoms with Crippen molar-refractivity contribution in [3.05, 3.63) is 42.5 Å². The molecule has 1 aromatic rings. The van der Waals surface area contributed by atoms with Crippen molar-refractivity contribution in [2.75, 3.05) is 6.61 Å². The topological polar surface area (TPSA) is 9.23 Å². The summed E-state index contributed by atoms with van der Waals surface area (Å²) in [5, 5.41) is 0. The maximum Gasteiger partial charge on any atom is 0.494 e. The molecule has 76 valence electrons. The third-order valence-corrected chi connectivity index (χ3v) is 3.05. The molecule has 0 amide bonds. The van der Waals surface area contributed by atoms with Crippen molar-refractivity contribution in [2.45, 2.75) is 0 Å². The molecular formula is C9H9Cl3OSi. The van der Waals surface area contributed by atoms with Gasteiger partial charge in [0, 0.05) is 0 Å². The third-order valence-electron chi connectivity index (χ3n) is 1.59. The summed E-state index contributed by atoms with van der Waals surface area (Å²) in [7, 11) is 0. The quantitative estimate of drug-likeness (QED) is 0.594. The Kier molecular flexibility index (Phi) is 4.48. The molecule has 0 aliphatic rings. The smallest absolute Gasteiger partial charge is 0.377 e. The average molecular weight is 268 g/mol. The Bertz CT molecular complexity index is 308. The molecule has 0 spiro atoms. The van der Waals surface area contributed by atoms with Crippen LogP contribution >= 0.6 is 33.2 Å². The Morgan fingerprint density at radius 3 is 2.29 bits per heavy atom. The van der Waals surface area contributed by atoms with Crippen molar-refractivity contribution >= 4 is 45.1 Å². The molecule has 0 bridgehead atoms. The summed E-state index contributed by atoms with van der Waals surface area (Å²) < 4.78 is 5.08. The Labute approximate surface area is 98.5 Å². The second kappa shape index (κ2) is 5.19. The lowest BCUT2D eigenvalue weighted by atomic mass is 10.1. The summed E-state index contributed by atoms with van der Waals surface area (Å²) in [5.74, 6) is 0. The van der Waals surface area contributed by atoms with E-state index in [-0.39, 0.29) is 6.61 Å². The number of benzene rings is 1. The van der Waals surface area contributed by atoms with Crippen molar-refractivity contribution in [3.63, 3.8) is 0 Å². The number of rotatable bonds is 4. The van der Waals surface area contributed by atoms with Gasteiger partial charge in [-0.1, -0.05) is 70.1 Å². The van der Waals surface area contributed by atoms with E-state index in [4.69, 9.17) is 37.7 Å². The zero-order chi connectivity index (χ0) is 10.6. The lowest BCUT2D eigenvalue weighted by Crippen LogP contribution is -2.17. The monoisotopic (exact) mass is 266 g/mol. The third kappa shape index (κ3) is 4.49. The Hall–Kier alpha value is 0.00688. The molecule has 0 radical (unpaired) electrons. The first kappa shape index (κ1) is 12.1. The van der Waals surface area contributed by atoms with Crippen molar-refractivity contribution in [1.29, 1.82) is 0 Å². The second-order valence-electron chi connectivity index (χ2n) is 2.70. The Morgan fingerprint density at radius 1 is 1.21 bits per heavy atom. The van der Waals surface area contributed by atoms with Crippen LogP contribution in [0.1, 0.15) is 5.56 Å². The van der Waals surface area contributed by atoms with Gasteiger partial charge in [-0.05, 0) is 11.1 Å². The van der Waals surface area contributed by atoms with Crippen LogP contribution in [0.25, 0.3) is 5.57 Å². The van der Waals surface area contributed by atoms with Crippen molar-refractivity contribution in [3.8, 4) is 0 Å². The van der Waals surface area contributed by atoms with Gasteiger partial charge in [0.25, 0.3) is 0 Å². The van der Waals surface area contributed by atoms with E-state index in [2.05, 4.69) is 6.58 Å². The summed E-state index contributed by atoms with van der Waals surface area (Å²) in [6.45, 7) is 4.11. The molecule has 0 aliphatic heterocycles. The standard InChI is InChI=1S/C9H9Cl3OSi/c1-8(7-13-14(10,11)12)9-5-3-2-4-6-9/h2-6H,1,7H2. The average Bonchev–Trinajstić information content (AvgIpc) is 2.14. The summed E-state index contributed by atoms with van der Waals surface area (Å²) in [4.78, 5) is 0. The predicted octanol–water partition coefficient (Wildman–Crippen LogP) is 3.87. The van der Waals surface area contributed by atoms with E-state index < -0.39 is 6.25 Å². The molecule has 0 heterocycles. The van der Waals surface area contributed by atoms with Gasteiger partial charge < -0.3 is 4.43 Å².